The van der Waals surface area contributed by atoms with Crippen LogP contribution >= 0.6 is 0 Å². The molecule has 88 valence electrons. The highest BCUT2D eigenvalue weighted by atomic mass is 19.4. The van der Waals surface area contributed by atoms with E-state index in [0.717, 1.165) is 0 Å². The highest BCUT2D eigenvalue weighted by molar-refractivity contribution is 5.92. The monoisotopic (exact) mass is 240 g/mol. The van der Waals surface area contributed by atoms with E-state index in [1.807, 2.05) is 0 Å². The Morgan fingerprint density at radius 2 is 1.88 bits per heavy atom. The van der Waals surface area contributed by atoms with Crippen molar-refractivity contribution in [3.8, 4) is 5.75 Å². The van der Waals surface area contributed by atoms with Crippen LogP contribution in [-0.2, 0) is 0 Å². The van der Waals surface area contributed by atoms with E-state index < -0.39 is 6.36 Å². The van der Waals surface area contributed by atoms with E-state index in [4.69, 9.17) is 0 Å². The number of ether oxygens (including phenoxy) is 1. The number of hydrogen-bond donors (Lipinski definition) is 0. The van der Waals surface area contributed by atoms with Gasteiger partial charge in [-0.2, -0.15) is 0 Å². The van der Waals surface area contributed by atoms with Gasteiger partial charge in [0.15, 0.2) is 0 Å². The highest BCUT2D eigenvalue weighted by Gasteiger charge is 2.31. The maximum absolute atomic E-state index is 12.2. The maximum Gasteiger partial charge on any atom is 0.573 e. The minimum Gasteiger partial charge on any atom is -0.405 e. The molecule has 0 bridgehead atoms. The first-order valence-corrected chi connectivity index (χ1v) is 4.73. The van der Waals surface area contributed by atoms with Gasteiger partial charge in [0.2, 0.25) is 0 Å². The SMILES string of the molecule is O=Cc1ccc2cccc(OC(F)(F)F)c2c1. The lowest BCUT2D eigenvalue weighted by Gasteiger charge is -2.11. The smallest absolute Gasteiger partial charge is 0.405 e. The summed E-state index contributed by atoms with van der Waals surface area (Å²) in [6, 6.07) is 8.79. The molecule has 2 aromatic carbocycles. The van der Waals surface area contributed by atoms with Gasteiger partial charge in [-0.1, -0.05) is 24.3 Å². The average Bonchev–Trinajstić information content (AvgIpc) is 2.27. The summed E-state index contributed by atoms with van der Waals surface area (Å²) in [6.45, 7) is 0. The van der Waals surface area contributed by atoms with Crippen molar-refractivity contribution in [1.82, 2.24) is 0 Å². The Labute approximate surface area is 94.6 Å². The molecule has 0 heterocycles. The second-order valence-corrected chi connectivity index (χ2v) is 3.40. The van der Waals surface area contributed by atoms with Crippen molar-refractivity contribution in [2.75, 3.05) is 0 Å². The highest BCUT2D eigenvalue weighted by Crippen LogP contribution is 2.30. The molecule has 0 radical (unpaired) electrons. The third-order valence-electron chi connectivity index (χ3n) is 2.23. The number of carbonyl (C=O) groups excluding carboxylic acids is 1. The van der Waals surface area contributed by atoms with Crippen molar-refractivity contribution < 1.29 is 22.7 Å². The molecule has 0 saturated heterocycles. The molecule has 0 fully saturated rings. The fraction of sp³-hybridized carbons (Fsp3) is 0.0833. The van der Waals surface area contributed by atoms with Crippen molar-refractivity contribution in [3.05, 3.63) is 42.0 Å². The standard InChI is InChI=1S/C12H7F3O2/c13-12(14,15)17-11-3-1-2-9-5-4-8(7-16)6-10(9)11/h1-7H. The predicted molar refractivity (Wildman–Crippen MR) is 56.0 cm³/mol. The van der Waals surface area contributed by atoms with E-state index in [0.29, 0.717) is 17.2 Å². The first-order valence-electron chi connectivity index (χ1n) is 4.73. The van der Waals surface area contributed by atoms with Crippen LogP contribution in [0.2, 0.25) is 0 Å². The van der Waals surface area contributed by atoms with E-state index in [2.05, 4.69) is 4.74 Å². The van der Waals surface area contributed by atoms with Crippen LogP contribution in [0.4, 0.5) is 13.2 Å². The molecule has 0 spiro atoms. The molecular weight excluding hydrogens is 233 g/mol. The van der Waals surface area contributed by atoms with Crippen molar-refractivity contribution in [3.63, 3.8) is 0 Å². The topological polar surface area (TPSA) is 26.3 Å². The van der Waals surface area contributed by atoms with Gasteiger partial charge in [-0.25, -0.2) is 0 Å². The Kier molecular flexibility index (Phi) is 2.75. The summed E-state index contributed by atoms with van der Waals surface area (Å²) in [5, 5.41) is 0.840. The summed E-state index contributed by atoms with van der Waals surface area (Å²) in [5.41, 5.74) is 0.302. The van der Waals surface area contributed by atoms with Gasteiger partial charge < -0.3 is 4.74 Å². The van der Waals surface area contributed by atoms with Gasteiger partial charge >= 0.3 is 6.36 Å². The summed E-state index contributed by atoms with van der Waals surface area (Å²) < 4.78 is 40.4. The zero-order valence-corrected chi connectivity index (χ0v) is 8.49. The summed E-state index contributed by atoms with van der Waals surface area (Å²) in [7, 11) is 0. The largest absolute Gasteiger partial charge is 0.573 e. The van der Waals surface area contributed by atoms with E-state index in [9.17, 15) is 18.0 Å². The van der Waals surface area contributed by atoms with Crippen LogP contribution in [0.15, 0.2) is 36.4 Å². The second kappa shape index (κ2) is 4.08. The van der Waals surface area contributed by atoms with Crippen LogP contribution in [0.25, 0.3) is 10.8 Å². The van der Waals surface area contributed by atoms with E-state index >= 15 is 0 Å². The lowest BCUT2D eigenvalue weighted by Crippen LogP contribution is -2.17. The van der Waals surface area contributed by atoms with E-state index in [-0.39, 0.29) is 11.1 Å². The van der Waals surface area contributed by atoms with Crippen LogP contribution in [-0.4, -0.2) is 12.6 Å². The number of aldehydes is 1. The lowest BCUT2D eigenvalue weighted by atomic mass is 10.1. The average molecular weight is 240 g/mol. The molecular formula is C12H7F3O2. The number of fused-ring (bicyclic) bond motifs is 1. The fourth-order valence-electron chi connectivity index (χ4n) is 1.55. The molecule has 0 aromatic heterocycles. The van der Waals surface area contributed by atoms with Crippen molar-refractivity contribution in [1.29, 1.82) is 0 Å². The molecule has 0 aliphatic heterocycles. The van der Waals surface area contributed by atoms with Crippen LogP contribution in [0.3, 0.4) is 0 Å². The molecule has 0 N–H and O–H groups in total. The van der Waals surface area contributed by atoms with Gasteiger partial charge in [0.25, 0.3) is 0 Å². The Hall–Kier alpha value is -2.04. The lowest BCUT2D eigenvalue weighted by molar-refractivity contribution is -0.274. The third-order valence-corrected chi connectivity index (χ3v) is 2.23. The minimum atomic E-state index is -4.74. The van der Waals surface area contributed by atoms with Crippen LogP contribution in [0.5, 0.6) is 5.75 Å². The molecule has 2 nitrogen and oxygen atoms in total. The summed E-state index contributed by atoms with van der Waals surface area (Å²) in [5.74, 6) is -0.307. The summed E-state index contributed by atoms with van der Waals surface area (Å²) in [6.07, 6.45) is -4.17. The molecule has 0 unspecified atom stereocenters. The molecule has 0 aliphatic carbocycles. The normalized spacial score (nSPS) is 11.5. The summed E-state index contributed by atoms with van der Waals surface area (Å²) >= 11 is 0. The zero-order valence-electron chi connectivity index (χ0n) is 8.49. The first kappa shape index (κ1) is 11.4. The van der Waals surface area contributed by atoms with Crippen molar-refractivity contribution in [2.24, 2.45) is 0 Å². The second-order valence-electron chi connectivity index (χ2n) is 3.40. The van der Waals surface area contributed by atoms with Crippen LogP contribution in [0, 0.1) is 0 Å². The van der Waals surface area contributed by atoms with Gasteiger partial charge in [0, 0.05) is 10.9 Å². The number of benzene rings is 2. The number of hydrogen-bond acceptors (Lipinski definition) is 2. The first-order chi connectivity index (χ1) is 7.99. The number of alkyl halides is 3. The van der Waals surface area contributed by atoms with Crippen molar-refractivity contribution in [2.45, 2.75) is 6.36 Å². The number of halogens is 3. The van der Waals surface area contributed by atoms with Gasteiger partial charge in [-0.3, -0.25) is 4.79 Å². The number of carbonyl (C=O) groups is 1. The molecule has 2 aromatic rings. The maximum atomic E-state index is 12.2. The van der Waals surface area contributed by atoms with Crippen molar-refractivity contribution >= 4 is 17.1 Å². The van der Waals surface area contributed by atoms with Crippen LogP contribution < -0.4 is 4.74 Å². The molecule has 17 heavy (non-hydrogen) atoms. The van der Waals surface area contributed by atoms with E-state index in [1.54, 1.807) is 12.1 Å². The Bertz CT molecular complexity index is 561. The molecule has 0 amide bonds. The molecule has 5 heteroatoms. The Balaban J connectivity index is 2.58. The van der Waals surface area contributed by atoms with E-state index in [1.165, 1.54) is 24.3 Å². The Morgan fingerprint density at radius 1 is 1.12 bits per heavy atom. The zero-order chi connectivity index (χ0) is 12.5. The third kappa shape index (κ3) is 2.55. The minimum absolute atomic E-state index is 0.259. The van der Waals surface area contributed by atoms with Gasteiger partial charge in [-0.15, -0.1) is 13.2 Å². The van der Waals surface area contributed by atoms with Gasteiger partial charge in [0.05, 0.1) is 0 Å². The molecule has 0 aliphatic rings. The molecule has 0 atom stereocenters. The molecule has 2 rings (SSSR count). The van der Waals surface area contributed by atoms with Crippen LogP contribution in [0.1, 0.15) is 10.4 Å². The van der Waals surface area contributed by atoms with Gasteiger partial charge in [-0.05, 0) is 17.5 Å². The number of rotatable bonds is 2. The Morgan fingerprint density at radius 3 is 2.53 bits per heavy atom. The molecule has 0 saturated carbocycles. The predicted octanol–water partition coefficient (Wildman–Crippen LogP) is 3.55. The fourth-order valence-corrected chi connectivity index (χ4v) is 1.55. The van der Waals surface area contributed by atoms with Gasteiger partial charge in [0.1, 0.15) is 12.0 Å². The summed E-state index contributed by atoms with van der Waals surface area (Å²) in [4.78, 5) is 10.6. The quantitative estimate of drug-likeness (QED) is 0.750.